The highest BCUT2D eigenvalue weighted by Crippen LogP contribution is 2.16. The first kappa shape index (κ1) is 16.6. The highest BCUT2D eigenvalue weighted by molar-refractivity contribution is 5.94. The topological polar surface area (TPSA) is 49.6 Å². The number of carbonyl (C=O) groups is 1. The number of nitrogens with one attached hydrogen (secondary N) is 1. The molecule has 0 fully saturated rings. The molecule has 5 nitrogen and oxygen atoms in total. The van der Waals surface area contributed by atoms with Crippen LogP contribution in [-0.4, -0.2) is 35.9 Å². The summed E-state index contributed by atoms with van der Waals surface area (Å²) in [4.78, 5) is 18.9. The van der Waals surface area contributed by atoms with Crippen LogP contribution >= 0.6 is 0 Å². The number of carbonyl (C=O) groups excluding carboxylic acids is 1. The van der Waals surface area contributed by atoms with Gasteiger partial charge in [0.25, 0.3) is 5.91 Å². The fourth-order valence-electron chi connectivity index (χ4n) is 2.70. The van der Waals surface area contributed by atoms with Crippen LogP contribution in [0.2, 0.25) is 0 Å². The summed E-state index contributed by atoms with van der Waals surface area (Å²) >= 11 is 0. The second-order valence-corrected chi connectivity index (χ2v) is 5.87. The van der Waals surface area contributed by atoms with Crippen LogP contribution < -0.4 is 10.2 Å². The first-order valence-corrected chi connectivity index (χ1v) is 8.05. The standard InChI is InChI=1S/C20H20N4O/c1-15-19(24-14-7-6-12-18(24)22-15)20(25)21-13-8-10-16-9-4-5-11-17(16)23(2)3/h4-7,9,11-12,14H,13H2,1-3H3,(H,21,25). The maximum atomic E-state index is 12.5. The third-order valence-corrected chi connectivity index (χ3v) is 3.87. The average molecular weight is 332 g/mol. The second kappa shape index (κ2) is 7.10. The van der Waals surface area contributed by atoms with Gasteiger partial charge in [-0.15, -0.1) is 0 Å². The van der Waals surface area contributed by atoms with Gasteiger partial charge < -0.3 is 10.2 Å². The Morgan fingerprint density at radius 2 is 1.96 bits per heavy atom. The number of benzene rings is 1. The first-order valence-electron chi connectivity index (χ1n) is 8.05. The van der Waals surface area contributed by atoms with Crippen molar-refractivity contribution < 1.29 is 4.79 Å². The van der Waals surface area contributed by atoms with Gasteiger partial charge in [-0.05, 0) is 31.2 Å². The lowest BCUT2D eigenvalue weighted by molar-refractivity contribution is 0.0952. The van der Waals surface area contributed by atoms with Crippen molar-refractivity contribution in [1.82, 2.24) is 14.7 Å². The molecule has 0 saturated heterocycles. The van der Waals surface area contributed by atoms with Gasteiger partial charge in [0.15, 0.2) is 0 Å². The number of hydrogen-bond acceptors (Lipinski definition) is 3. The van der Waals surface area contributed by atoms with E-state index in [1.54, 1.807) is 4.40 Å². The molecule has 0 atom stereocenters. The van der Waals surface area contributed by atoms with Crippen LogP contribution in [0.1, 0.15) is 21.7 Å². The molecule has 0 spiro atoms. The Morgan fingerprint density at radius 3 is 2.76 bits per heavy atom. The summed E-state index contributed by atoms with van der Waals surface area (Å²) in [5.41, 5.74) is 4.00. The third kappa shape index (κ3) is 3.48. The molecule has 3 aromatic rings. The van der Waals surface area contributed by atoms with E-state index < -0.39 is 0 Å². The minimum atomic E-state index is -0.175. The van der Waals surface area contributed by atoms with E-state index in [4.69, 9.17) is 0 Å². The van der Waals surface area contributed by atoms with E-state index in [1.165, 1.54) is 0 Å². The van der Waals surface area contributed by atoms with Crippen LogP contribution in [0, 0.1) is 18.8 Å². The summed E-state index contributed by atoms with van der Waals surface area (Å²) in [5, 5.41) is 2.85. The summed E-state index contributed by atoms with van der Waals surface area (Å²) in [6.45, 7) is 2.11. The minimum absolute atomic E-state index is 0.175. The van der Waals surface area contributed by atoms with E-state index in [-0.39, 0.29) is 12.5 Å². The first-order chi connectivity index (χ1) is 12.1. The van der Waals surface area contributed by atoms with Crippen molar-refractivity contribution in [3.63, 3.8) is 0 Å². The van der Waals surface area contributed by atoms with Crippen molar-refractivity contribution in [2.45, 2.75) is 6.92 Å². The number of aromatic nitrogens is 2. The number of hydrogen-bond donors (Lipinski definition) is 1. The van der Waals surface area contributed by atoms with E-state index in [2.05, 4.69) is 22.1 Å². The molecule has 25 heavy (non-hydrogen) atoms. The largest absolute Gasteiger partial charge is 0.377 e. The van der Waals surface area contributed by atoms with E-state index in [9.17, 15) is 4.79 Å². The van der Waals surface area contributed by atoms with Crippen LogP contribution in [0.5, 0.6) is 0 Å². The smallest absolute Gasteiger partial charge is 0.270 e. The fourth-order valence-corrected chi connectivity index (χ4v) is 2.70. The number of pyridine rings is 1. The van der Waals surface area contributed by atoms with Gasteiger partial charge in [0.1, 0.15) is 11.3 Å². The number of amides is 1. The molecule has 1 aromatic carbocycles. The molecular weight excluding hydrogens is 312 g/mol. The Labute approximate surface area is 147 Å². The molecule has 0 aliphatic carbocycles. The highest BCUT2D eigenvalue weighted by atomic mass is 16.1. The van der Waals surface area contributed by atoms with Crippen LogP contribution in [0.15, 0.2) is 48.7 Å². The predicted octanol–water partition coefficient (Wildman–Crippen LogP) is 2.49. The molecule has 1 N–H and O–H groups in total. The molecule has 5 heteroatoms. The normalized spacial score (nSPS) is 10.2. The second-order valence-electron chi connectivity index (χ2n) is 5.87. The van der Waals surface area contributed by atoms with Gasteiger partial charge in [-0.25, -0.2) is 4.98 Å². The van der Waals surface area contributed by atoms with Gasteiger partial charge in [0.05, 0.1) is 17.9 Å². The maximum absolute atomic E-state index is 12.5. The number of rotatable bonds is 3. The van der Waals surface area contributed by atoms with Gasteiger partial charge >= 0.3 is 0 Å². The van der Waals surface area contributed by atoms with Crippen LogP contribution in [0.4, 0.5) is 5.69 Å². The van der Waals surface area contributed by atoms with Crippen molar-refractivity contribution in [2.24, 2.45) is 0 Å². The van der Waals surface area contributed by atoms with Gasteiger partial charge in [0.2, 0.25) is 0 Å². The summed E-state index contributed by atoms with van der Waals surface area (Å²) < 4.78 is 1.79. The predicted molar refractivity (Wildman–Crippen MR) is 99.9 cm³/mol. The monoisotopic (exact) mass is 332 g/mol. The van der Waals surface area contributed by atoms with Crippen molar-refractivity contribution in [1.29, 1.82) is 0 Å². The molecule has 0 aliphatic heterocycles. The van der Waals surface area contributed by atoms with Crippen molar-refractivity contribution in [3.8, 4) is 11.8 Å². The summed E-state index contributed by atoms with van der Waals surface area (Å²) in [6.07, 6.45) is 1.84. The number of aryl methyl sites for hydroxylation is 1. The Bertz CT molecular complexity index is 976. The fraction of sp³-hybridized carbons (Fsp3) is 0.200. The lowest BCUT2D eigenvalue weighted by Gasteiger charge is -2.13. The molecule has 0 saturated carbocycles. The average Bonchev–Trinajstić information content (AvgIpc) is 2.94. The number of imidazole rings is 1. The zero-order valence-corrected chi connectivity index (χ0v) is 14.6. The quantitative estimate of drug-likeness (QED) is 0.750. The molecule has 1 amide bonds. The third-order valence-electron chi connectivity index (χ3n) is 3.87. The molecule has 0 bridgehead atoms. The van der Waals surface area contributed by atoms with Gasteiger partial charge in [-0.2, -0.15) is 0 Å². The Morgan fingerprint density at radius 1 is 1.20 bits per heavy atom. The number of fused-ring (bicyclic) bond motifs is 1. The molecular formula is C20H20N4O. The zero-order valence-electron chi connectivity index (χ0n) is 14.6. The molecule has 0 radical (unpaired) electrons. The number of nitrogens with zero attached hydrogens (tertiary/aromatic N) is 3. The molecule has 0 aliphatic rings. The van der Waals surface area contributed by atoms with Crippen molar-refractivity contribution >= 4 is 17.2 Å². The molecule has 0 unspecified atom stereocenters. The van der Waals surface area contributed by atoms with E-state index >= 15 is 0 Å². The molecule has 2 heterocycles. The Kier molecular flexibility index (Phi) is 4.71. The van der Waals surface area contributed by atoms with Crippen molar-refractivity contribution in [2.75, 3.05) is 25.5 Å². The van der Waals surface area contributed by atoms with Crippen LogP contribution in [-0.2, 0) is 0 Å². The lowest BCUT2D eigenvalue weighted by atomic mass is 10.1. The minimum Gasteiger partial charge on any atom is -0.377 e. The van der Waals surface area contributed by atoms with E-state index in [0.717, 1.165) is 16.9 Å². The zero-order chi connectivity index (χ0) is 17.8. The lowest BCUT2D eigenvalue weighted by Crippen LogP contribution is -2.25. The Balaban J connectivity index is 1.73. The van der Waals surface area contributed by atoms with Crippen molar-refractivity contribution in [3.05, 3.63) is 65.6 Å². The van der Waals surface area contributed by atoms with Gasteiger partial charge in [-0.3, -0.25) is 9.20 Å². The molecule has 2 aromatic heterocycles. The summed E-state index contributed by atoms with van der Waals surface area (Å²) in [5.74, 6) is 5.96. The Hall–Kier alpha value is -3.26. The molecule has 126 valence electrons. The number of anilines is 1. The summed E-state index contributed by atoms with van der Waals surface area (Å²) in [7, 11) is 3.96. The summed E-state index contributed by atoms with van der Waals surface area (Å²) in [6, 6.07) is 13.6. The molecule has 3 rings (SSSR count). The SMILES string of the molecule is Cc1nc2ccccn2c1C(=O)NCC#Cc1ccccc1N(C)C. The van der Waals surface area contributed by atoms with E-state index in [1.807, 2.05) is 74.6 Å². The van der Waals surface area contributed by atoms with E-state index in [0.29, 0.717) is 11.4 Å². The van der Waals surface area contributed by atoms with Crippen LogP contribution in [0.3, 0.4) is 0 Å². The number of para-hydroxylation sites is 1. The highest BCUT2D eigenvalue weighted by Gasteiger charge is 2.15. The van der Waals surface area contributed by atoms with Crippen LogP contribution in [0.25, 0.3) is 5.65 Å². The van der Waals surface area contributed by atoms with Gasteiger partial charge in [0, 0.05) is 25.9 Å². The van der Waals surface area contributed by atoms with Gasteiger partial charge in [-0.1, -0.05) is 30.0 Å². The maximum Gasteiger partial charge on any atom is 0.270 e.